The van der Waals surface area contributed by atoms with E-state index in [-0.39, 0.29) is 17.5 Å². The van der Waals surface area contributed by atoms with Gasteiger partial charge in [0.1, 0.15) is 11.6 Å². The van der Waals surface area contributed by atoms with E-state index in [1.807, 2.05) is 38.4 Å². The summed E-state index contributed by atoms with van der Waals surface area (Å²) < 4.78 is 1.87. The SMILES string of the molecule is CCCNC(=O)/C(C#N)=C/c1cnn(C(C)C)c1C. The predicted molar refractivity (Wildman–Crippen MR) is 74.2 cm³/mol. The van der Waals surface area contributed by atoms with Crippen molar-refractivity contribution in [2.24, 2.45) is 0 Å². The van der Waals surface area contributed by atoms with Crippen LogP contribution in [0, 0.1) is 18.3 Å². The fourth-order valence-corrected chi connectivity index (χ4v) is 1.74. The first kappa shape index (κ1) is 15.0. The van der Waals surface area contributed by atoms with E-state index in [4.69, 9.17) is 5.26 Å². The normalized spacial score (nSPS) is 11.5. The van der Waals surface area contributed by atoms with Gasteiger partial charge in [0, 0.05) is 23.8 Å². The van der Waals surface area contributed by atoms with E-state index in [0.717, 1.165) is 17.7 Å². The molecule has 19 heavy (non-hydrogen) atoms. The zero-order valence-corrected chi connectivity index (χ0v) is 11.9. The molecule has 0 aliphatic carbocycles. The minimum absolute atomic E-state index is 0.111. The van der Waals surface area contributed by atoms with Crippen LogP contribution in [0.15, 0.2) is 11.8 Å². The first-order valence-corrected chi connectivity index (χ1v) is 6.45. The maximum Gasteiger partial charge on any atom is 0.261 e. The van der Waals surface area contributed by atoms with Crippen LogP contribution in [0.2, 0.25) is 0 Å². The van der Waals surface area contributed by atoms with Gasteiger partial charge in [-0.15, -0.1) is 0 Å². The van der Waals surface area contributed by atoms with Crippen molar-refractivity contribution < 1.29 is 4.79 Å². The van der Waals surface area contributed by atoms with Crippen molar-refractivity contribution in [2.45, 2.75) is 40.2 Å². The standard InChI is InChI=1S/C14H20N4O/c1-5-6-16-14(19)12(8-15)7-13-9-17-18(10(2)3)11(13)4/h7,9-10H,5-6H2,1-4H3,(H,16,19)/b12-7+. The molecule has 0 atom stereocenters. The molecular formula is C14H20N4O. The van der Waals surface area contributed by atoms with Gasteiger partial charge in [-0.2, -0.15) is 10.4 Å². The maximum absolute atomic E-state index is 11.8. The van der Waals surface area contributed by atoms with Gasteiger partial charge in [0.05, 0.1) is 6.20 Å². The summed E-state index contributed by atoms with van der Waals surface area (Å²) in [4.78, 5) is 11.8. The number of hydrogen-bond acceptors (Lipinski definition) is 3. The minimum atomic E-state index is -0.332. The Balaban J connectivity index is 2.99. The monoisotopic (exact) mass is 260 g/mol. The Labute approximate surface area is 113 Å². The predicted octanol–water partition coefficient (Wildman–Crippen LogP) is 2.21. The third kappa shape index (κ3) is 3.68. The van der Waals surface area contributed by atoms with Crippen molar-refractivity contribution in [3.05, 3.63) is 23.0 Å². The van der Waals surface area contributed by atoms with E-state index >= 15 is 0 Å². The highest BCUT2D eigenvalue weighted by Crippen LogP contribution is 2.15. The minimum Gasteiger partial charge on any atom is -0.351 e. The van der Waals surface area contributed by atoms with E-state index in [1.54, 1.807) is 12.3 Å². The molecule has 0 bridgehead atoms. The molecule has 1 rings (SSSR count). The lowest BCUT2D eigenvalue weighted by Crippen LogP contribution is -2.25. The molecule has 0 unspecified atom stereocenters. The Morgan fingerprint density at radius 2 is 2.32 bits per heavy atom. The van der Waals surface area contributed by atoms with Gasteiger partial charge in [-0.1, -0.05) is 6.92 Å². The highest BCUT2D eigenvalue weighted by atomic mass is 16.1. The lowest BCUT2D eigenvalue weighted by molar-refractivity contribution is -0.117. The van der Waals surface area contributed by atoms with E-state index in [1.165, 1.54) is 0 Å². The van der Waals surface area contributed by atoms with E-state index < -0.39 is 0 Å². The summed E-state index contributed by atoms with van der Waals surface area (Å²) in [5.41, 5.74) is 1.86. The second kappa shape index (κ2) is 6.74. The fraction of sp³-hybridized carbons (Fsp3) is 0.500. The van der Waals surface area contributed by atoms with E-state index in [2.05, 4.69) is 10.4 Å². The van der Waals surface area contributed by atoms with Crippen LogP contribution in [-0.2, 0) is 4.79 Å². The van der Waals surface area contributed by atoms with E-state index in [9.17, 15) is 4.79 Å². The number of carbonyl (C=O) groups excluding carboxylic acids is 1. The molecule has 1 aromatic heterocycles. The van der Waals surface area contributed by atoms with Crippen LogP contribution >= 0.6 is 0 Å². The second-order valence-electron chi connectivity index (χ2n) is 4.65. The van der Waals surface area contributed by atoms with Gasteiger partial charge >= 0.3 is 0 Å². The van der Waals surface area contributed by atoms with Gasteiger partial charge < -0.3 is 5.32 Å². The molecule has 0 aromatic carbocycles. The summed E-state index contributed by atoms with van der Waals surface area (Å²) in [6.07, 6.45) is 4.11. The van der Waals surface area contributed by atoms with Crippen LogP contribution in [0.1, 0.15) is 44.5 Å². The first-order valence-electron chi connectivity index (χ1n) is 6.45. The zero-order chi connectivity index (χ0) is 14.4. The largest absolute Gasteiger partial charge is 0.351 e. The molecule has 1 heterocycles. The summed E-state index contributed by atoms with van der Waals surface area (Å²) in [6, 6.07) is 2.19. The van der Waals surface area contributed by atoms with Crippen molar-refractivity contribution in [3.8, 4) is 6.07 Å². The zero-order valence-electron chi connectivity index (χ0n) is 11.9. The number of carbonyl (C=O) groups is 1. The van der Waals surface area contributed by atoms with Crippen molar-refractivity contribution in [2.75, 3.05) is 6.54 Å². The van der Waals surface area contributed by atoms with Gasteiger partial charge in [-0.05, 0) is 33.3 Å². The molecule has 0 saturated carbocycles. The summed E-state index contributed by atoms with van der Waals surface area (Å²) >= 11 is 0. The molecule has 0 spiro atoms. The Hall–Kier alpha value is -2.09. The van der Waals surface area contributed by atoms with Crippen LogP contribution in [0.4, 0.5) is 0 Å². The van der Waals surface area contributed by atoms with Crippen LogP contribution in [0.5, 0.6) is 0 Å². The Kier molecular flexibility index (Phi) is 5.31. The van der Waals surface area contributed by atoms with Gasteiger partial charge in [0.15, 0.2) is 0 Å². The number of aromatic nitrogens is 2. The summed E-state index contributed by atoms with van der Waals surface area (Å²) in [5.74, 6) is -0.332. The number of hydrogen-bond donors (Lipinski definition) is 1. The molecule has 0 fully saturated rings. The third-order valence-corrected chi connectivity index (χ3v) is 2.77. The molecule has 0 aliphatic heterocycles. The van der Waals surface area contributed by atoms with Gasteiger partial charge in [-0.3, -0.25) is 9.48 Å². The topological polar surface area (TPSA) is 70.7 Å². The molecule has 1 N–H and O–H groups in total. The number of nitriles is 1. The number of amides is 1. The molecule has 0 saturated heterocycles. The smallest absolute Gasteiger partial charge is 0.261 e. The number of rotatable bonds is 5. The Morgan fingerprint density at radius 1 is 1.63 bits per heavy atom. The third-order valence-electron chi connectivity index (χ3n) is 2.77. The molecule has 102 valence electrons. The molecule has 1 aromatic rings. The van der Waals surface area contributed by atoms with Crippen LogP contribution < -0.4 is 5.32 Å². The molecule has 1 amide bonds. The molecule has 0 aliphatic rings. The average Bonchev–Trinajstić information content (AvgIpc) is 2.74. The lowest BCUT2D eigenvalue weighted by Gasteiger charge is -2.07. The Morgan fingerprint density at radius 3 is 2.79 bits per heavy atom. The van der Waals surface area contributed by atoms with Gasteiger partial charge in [0.25, 0.3) is 5.91 Å². The molecule has 5 nitrogen and oxygen atoms in total. The van der Waals surface area contributed by atoms with Gasteiger partial charge in [-0.25, -0.2) is 0 Å². The first-order chi connectivity index (χ1) is 9.01. The maximum atomic E-state index is 11.8. The Bertz CT molecular complexity index is 520. The summed E-state index contributed by atoms with van der Waals surface area (Å²) in [6.45, 7) is 8.53. The fourth-order valence-electron chi connectivity index (χ4n) is 1.74. The molecular weight excluding hydrogens is 240 g/mol. The second-order valence-corrected chi connectivity index (χ2v) is 4.65. The van der Waals surface area contributed by atoms with Crippen LogP contribution in [0.25, 0.3) is 6.08 Å². The highest BCUT2D eigenvalue weighted by Gasteiger charge is 2.12. The van der Waals surface area contributed by atoms with Crippen molar-refractivity contribution in [1.29, 1.82) is 5.26 Å². The highest BCUT2D eigenvalue weighted by molar-refractivity contribution is 6.01. The molecule has 0 radical (unpaired) electrons. The quantitative estimate of drug-likeness (QED) is 0.651. The van der Waals surface area contributed by atoms with E-state index in [0.29, 0.717) is 6.54 Å². The van der Waals surface area contributed by atoms with Crippen molar-refractivity contribution >= 4 is 12.0 Å². The average molecular weight is 260 g/mol. The van der Waals surface area contributed by atoms with Crippen molar-refractivity contribution in [3.63, 3.8) is 0 Å². The van der Waals surface area contributed by atoms with Crippen molar-refractivity contribution in [1.82, 2.24) is 15.1 Å². The number of nitrogens with one attached hydrogen (secondary N) is 1. The van der Waals surface area contributed by atoms with Gasteiger partial charge in [0.2, 0.25) is 0 Å². The lowest BCUT2D eigenvalue weighted by atomic mass is 10.1. The summed E-state index contributed by atoms with van der Waals surface area (Å²) in [5, 5.41) is 16.0. The summed E-state index contributed by atoms with van der Waals surface area (Å²) in [7, 11) is 0. The molecule has 5 heteroatoms. The number of nitrogens with zero attached hydrogens (tertiary/aromatic N) is 3. The van der Waals surface area contributed by atoms with Crippen LogP contribution in [0.3, 0.4) is 0 Å². The van der Waals surface area contributed by atoms with Crippen LogP contribution in [-0.4, -0.2) is 22.2 Å².